The van der Waals surface area contributed by atoms with E-state index in [4.69, 9.17) is 9.52 Å². The van der Waals surface area contributed by atoms with Crippen LogP contribution in [0, 0.1) is 0 Å². The lowest BCUT2D eigenvalue weighted by Gasteiger charge is -2.18. The molecule has 0 radical (unpaired) electrons. The van der Waals surface area contributed by atoms with Crippen molar-refractivity contribution >= 4 is 40.9 Å². The zero-order valence-corrected chi connectivity index (χ0v) is 15.7. The molecule has 1 aliphatic rings. The van der Waals surface area contributed by atoms with Crippen LogP contribution >= 0.6 is 11.8 Å². The van der Waals surface area contributed by atoms with Gasteiger partial charge in [0.1, 0.15) is 17.6 Å². The number of imide groups is 1. The lowest BCUT2D eigenvalue weighted by atomic mass is 10.1. The molecular formula is C19H15NO7S. The Hall–Kier alpha value is -3.33. The Morgan fingerprint density at radius 3 is 2.46 bits per heavy atom. The zero-order chi connectivity index (χ0) is 20.4. The third-order valence-corrected chi connectivity index (χ3v) is 4.95. The molecule has 1 aliphatic heterocycles. The summed E-state index contributed by atoms with van der Waals surface area (Å²) in [5.41, 5.74) is 0.820. The van der Waals surface area contributed by atoms with Gasteiger partial charge in [-0.15, -0.1) is 0 Å². The first-order valence-electron chi connectivity index (χ1n) is 8.10. The fourth-order valence-corrected chi connectivity index (χ4v) is 3.47. The number of thioether (sulfide) groups is 1. The Bertz CT molecular complexity index is 990. The number of hydrogen-bond donors (Lipinski definition) is 1. The molecule has 2 aromatic rings. The Labute approximate surface area is 163 Å². The summed E-state index contributed by atoms with van der Waals surface area (Å²) >= 11 is 0.709. The van der Waals surface area contributed by atoms with Gasteiger partial charge in [-0.1, -0.05) is 12.1 Å². The van der Waals surface area contributed by atoms with Crippen molar-refractivity contribution in [2.75, 3.05) is 7.11 Å². The van der Waals surface area contributed by atoms with E-state index >= 15 is 0 Å². The molecule has 1 N–H and O–H groups in total. The molecular weight excluding hydrogens is 386 g/mol. The normalized spacial score (nSPS) is 16.5. The average Bonchev–Trinajstić information content (AvgIpc) is 3.25. The summed E-state index contributed by atoms with van der Waals surface area (Å²) in [7, 11) is 1.18. The second-order valence-electron chi connectivity index (χ2n) is 5.84. The van der Waals surface area contributed by atoms with Crippen LogP contribution in [0.4, 0.5) is 4.79 Å². The first-order chi connectivity index (χ1) is 13.3. The van der Waals surface area contributed by atoms with E-state index < -0.39 is 29.1 Å². The molecule has 1 aromatic heterocycles. The van der Waals surface area contributed by atoms with Gasteiger partial charge in [0.05, 0.1) is 17.6 Å². The number of ether oxygens (including phenoxy) is 1. The number of furan rings is 1. The van der Waals surface area contributed by atoms with Gasteiger partial charge in [0.2, 0.25) is 0 Å². The minimum absolute atomic E-state index is 0.128. The van der Waals surface area contributed by atoms with Crippen LogP contribution in [0.5, 0.6) is 0 Å². The number of rotatable bonds is 5. The number of esters is 1. The third kappa shape index (κ3) is 3.70. The van der Waals surface area contributed by atoms with Crippen LogP contribution in [0.2, 0.25) is 0 Å². The maximum absolute atomic E-state index is 12.5. The van der Waals surface area contributed by atoms with Gasteiger partial charge >= 0.3 is 11.9 Å². The fraction of sp³-hybridized carbons (Fsp3) is 0.158. The number of aromatic carboxylic acids is 1. The topological polar surface area (TPSA) is 114 Å². The minimum Gasteiger partial charge on any atom is -0.478 e. The number of carboxylic acid groups (broad SMARTS) is 1. The standard InChI is InChI=1S/C19H15NO7S/c1-10(18(24)26-2)20-16(21)15(28-19(20)25)9-13-7-8-14(27-13)11-3-5-12(6-4-11)17(22)23/h3-10H,1-2H3,(H,22,23)/b15-9+/t10-/m0/s1. The highest BCUT2D eigenvalue weighted by atomic mass is 32.2. The van der Waals surface area contributed by atoms with Crippen molar-refractivity contribution in [3.05, 3.63) is 52.6 Å². The van der Waals surface area contributed by atoms with Gasteiger partial charge in [0.25, 0.3) is 11.1 Å². The molecule has 1 fully saturated rings. The second-order valence-corrected chi connectivity index (χ2v) is 6.83. The molecule has 0 aliphatic carbocycles. The number of carbonyl (C=O) groups excluding carboxylic acids is 3. The quantitative estimate of drug-likeness (QED) is 0.600. The number of methoxy groups -OCH3 is 1. The van der Waals surface area contributed by atoms with E-state index in [9.17, 15) is 19.2 Å². The highest BCUT2D eigenvalue weighted by Gasteiger charge is 2.41. The molecule has 8 nitrogen and oxygen atoms in total. The molecule has 144 valence electrons. The van der Waals surface area contributed by atoms with Crippen molar-refractivity contribution in [3.63, 3.8) is 0 Å². The Kier molecular flexibility index (Phi) is 5.36. The van der Waals surface area contributed by atoms with Gasteiger partial charge in [-0.2, -0.15) is 0 Å². The first kappa shape index (κ1) is 19.4. The molecule has 2 amide bonds. The summed E-state index contributed by atoms with van der Waals surface area (Å²) < 4.78 is 10.3. The predicted molar refractivity (Wildman–Crippen MR) is 100 cm³/mol. The number of nitrogens with zero attached hydrogens (tertiary/aromatic N) is 1. The summed E-state index contributed by atoms with van der Waals surface area (Å²) in [6.07, 6.45) is 1.42. The SMILES string of the molecule is COC(=O)[C@H](C)N1C(=O)S/C(=C/c2ccc(-c3ccc(C(=O)O)cc3)o2)C1=O. The monoisotopic (exact) mass is 401 g/mol. The van der Waals surface area contributed by atoms with Gasteiger partial charge in [0.15, 0.2) is 0 Å². The van der Waals surface area contributed by atoms with Gasteiger partial charge in [-0.25, -0.2) is 9.59 Å². The summed E-state index contributed by atoms with van der Waals surface area (Å²) in [6.45, 7) is 1.41. The maximum atomic E-state index is 12.5. The van der Waals surface area contributed by atoms with E-state index in [2.05, 4.69) is 4.74 Å². The van der Waals surface area contributed by atoms with Gasteiger partial charge in [-0.3, -0.25) is 14.5 Å². The second kappa shape index (κ2) is 7.73. The van der Waals surface area contributed by atoms with Gasteiger partial charge in [0, 0.05) is 11.6 Å². The van der Waals surface area contributed by atoms with Gasteiger partial charge < -0.3 is 14.3 Å². The van der Waals surface area contributed by atoms with Crippen LogP contribution in [0.15, 0.2) is 45.7 Å². The molecule has 3 rings (SSSR count). The summed E-state index contributed by atoms with van der Waals surface area (Å²) in [5, 5.41) is 8.38. The number of hydrogen-bond acceptors (Lipinski definition) is 7. The minimum atomic E-state index is -1.02. The Morgan fingerprint density at radius 2 is 1.86 bits per heavy atom. The van der Waals surface area contributed by atoms with Crippen LogP contribution in [0.3, 0.4) is 0 Å². The number of carboxylic acids is 1. The van der Waals surface area contributed by atoms with E-state index in [1.165, 1.54) is 32.2 Å². The van der Waals surface area contributed by atoms with Crippen LogP contribution in [0.25, 0.3) is 17.4 Å². The lowest BCUT2D eigenvalue weighted by molar-refractivity contribution is -0.148. The third-order valence-electron chi connectivity index (χ3n) is 4.07. The Balaban J connectivity index is 1.81. The molecule has 0 unspecified atom stereocenters. The average molecular weight is 401 g/mol. The number of amides is 2. The fourth-order valence-electron chi connectivity index (χ4n) is 2.58. The van der Waals surface area contributed by atoms with Crippen molar-refractivity contribution in [3.8, 4) is 11.3 Å². The van der Waals surface area contributed by atoms with Crippen LogP contribution in [-0.4, -0.2) is 46.2 Å². The van der Waals surface area contributed by atoms with Crippen LogP contribution in [0.1, 0.15) is 23.0 Å². The first-order valence-corrected chi connectivity index (χ1v) is 8.92. The molecule has 0 bridgehead atoms. The predicted octanol–water partition coefficient (Wildman–Crippen LogP) is 3.24. The summed E-state index contributed by atoms with van der Waals surface area (Å²) in [4.78, 5) is 48.1. The molecule has 1 atom stereocenters. The van der Waals surface area contributed by atoms with Crippen molar-refractivity contribution in [2.24, 2.45) is 0 Å². The Morgan fingerprint density at radius 1 is 1.18 bits per heavy atom. The summed E-state index contributed by atoms with van der Waals surface area (Å²) in [6, 6.07) is 8.40. The molecule has 0 saturated carbocycles. The van der Waals surface area contributed by atoms with E-state index in [0.29, 0.717) is 28.8 Å². The van der Waals surface area contributed by atoms with E-state index in [1.807, 2.05) is 0 Å². The van der Waals surface area contributed by atoms with Crippen molar-refractivity contribution in [2.45, 2.75) is 13.0 Å². The molecule has 9 heteroatoms. The highest BCUT2D eigenvalue weighted by molar-refractivity contribution is 8.18. The van der Waals surface area contributed by atoms with Crippen LogP contribution in [-0.2, 0) is 14.3 Å². The van der Waals surface area contributed by atoms with Gasteiger partial charge in [-0.05, 0) is 43.0 Å². The lowest BCUT2D eigenvalue weighted by Crippen LogP contribution is -2.42. The highest BCUT2D eigenvalue weighted by Crippen LogP contribution is 2.34. The van der Waals surface area contributed by atoms with E-state index in [0.717, 1.165) is 4.90 Å². The van der Waals surface area contributed by atoms with Crippen molar-refractivity contribution in [1.82, 2.24) is 4.90 Å². The molecule has 2 heterocycles. The summed E-state index contributed by atoms with van der Waals surface area (Å²) in [5.74, 6) is -1.49. The smallest absolute Gasteiger partial charge is 0.335 e. The molecule has 0 spiro atoms. The van der Waals surface area contributed by atoms with Crippen molar-refractivity contribution in [1.29, 1.82) is 0 Å². The van der Waals surface area contributed by atoms with E-state index in [1.54, 1.807) is 24.3 Å². The molecule has 28 heavy (non-hydrogen) atoms. The number of carbonyl (C=O) groups is 4. The molecule has 1 saturated heterocycles. The largest absolute Gasteiger partial charge is 0.478 e. The van der Waals surface area contributed by atoms with Crippen molar-refractivity contribution < 1.29 is 33.4 Å². The zero-order valence-electron chi connectivity index (χ0n) is 14.9. The molecule has 1 aromatic carbocycles. The maximum Gasteiger partial charge on any atom is 0.335 e. The number of benzene rings is 1. The van der Waals surface area contributed by atoms with E-state index in [-0.39, 0.29) is 10.5 Å². The van der Waals surface area contributed by atoms with Crippen LogP contribution < -0.4 is 0 Å².